The molecule has 6 rings (SSSR count). The van der Waals surface area contributed by atoms with E-state index < -0.39 is 18.8 Å². The van der Waals surface area contributed by atoms with Crippen molar-refractivity contribution in [2.75, 3.05) is 29.9 Å². The number of aromatic nitrogens is 5. The average molecular weight is 505 g/mol. The van der Waals surface area contributed by atoms with Gasteiger partial charge in [-0.1, -0.05) is 6.92 Å². The highest BCUT2D eigenvalue weighted by molar-refractivity contribution is 5.96. The number of carbonyl (C=O) groups is 1. The first kappa shape index (κ1) is 23.1. The van der Waals surface area contributed by atoms with Crippen molar-refractivity contribution in [3.8, 4) is 11.4 Å². The number of hydrogen-bond acceptors (Lipinski definition) is 6. The number of aliphatic hydroxyl groups excluding tert-OH is 1. The van der Waals surface area contributed by atoms with E-state index in [0.717, 1.165) is 30.4 Å². The van der Waals surface area contributed by atoms with Gasteiger partial charge in [0.2, 0.25) is 0 Å². The fourth-order valence-electron chi connectivity index (χ4n) is 5.48. The Morgan fingerprint density at radius 3 is 2.78 bits per heavy atom. The highest BCUT2D eigenvalue weighted by atomic mass is 19.4. The van der Waals surface area contributed by atoms with Crippen molar-refractivity contribution in [3.05, 3.63) is 18.5 Å². The summed E-state index contributed by atoms with van der Waals surface area (Å²) < 4.78 is 40.8. The fraction of sp³-hybridized carbons (Fsp3) is 0.565. The number of β-amino-alcohol motifs (C(OH)–C–C–N with tert-alkyl or cyclic N) is 1. The minimum absolute atomic E-state index is 0.0618. The van der Waals surface area contributed by atoms with Gasteiger partial charge in [0.15, 0.2) is 5.82 Å². The zero-order valence-electron chi connectivity index (χ0n) is 19.7. The van der Waals surface area contributed by atoms with Crippen LogP contribution >= 0.6 is 0 Å². The van der Waals surface area contributed by atoms with Crippen LogP contribution in [0.3, 0.4) is 0 Å². The number of halogens is 3. The van der Waals surface area contributed by atoms with Crippen LogP contribution in [0.2, 0.25) is 0 Å². The normalized spacial score (nSPS) is 21.8. The molecule has 36 heavy (non-hydrogen) atoms. The van der Waals surface area contributed by atoms with Crippen LogP contribution in [0, 0.1) is 5.92 Å². The molecular weight excluding hydrogens is 477 g/mol. The molecule has 192 valence electrons. The van der Waals surface area contributed by atoms with Crippen LogP contribution in [-0.2, 0) is 6.54 Å². The summed E-state index contributed by atoms with van der Waals surface area (Å²) in [5.74, 6) is 0.939. The molecule has 3 N–H and O–H groups in total. The number of anilines is 2. The second-order valence-corrected chi connectivity index (χ2v) is 10.3. The van der Waals surface area contributed by atoms with E-state index in [9.17, 15) is 23.1 Å². The molecule has 1 spiro atoms. The molecular formula is C23H27F3N8O2. The van der Waals surface area contributed by atoms with Crippen molar-refractivity contribution < 1.29 is 23.1 Å². The number of hydrogen-bond donors (Lipinski definition) is 3. The molecule has 0 radical (unpaired) electrons. The predicted molar refractivity (Wildman–Crippen MR) is 125 cm³/mol. The first-order valence-corrected chi connectivity index (χ1v) is 12.1. The minimum Gasteiger partial charge on any atom is -0.389 e. The summed E-state index contributed by atoms with van der Waals surface area (Å²) >= 11 is 0. The van der Waals surface area contributed by atoms with E-state index >= 15 is 0 Å². The molecule has 5 heterocycles. The van der Waals surface area contributed by atoms with Crippen LogP contribution in [0.4, 0.5) is 29.5 Å². The maximum Gasteiger partial charge on any atom is 0.408 e. The lowest BCUT2D eigenvalue weighted by Crippen LogP contribution is -2.51. The van der Waals surface area contributed by atoms with E-state index in [2.05, 4.69) is 32.5 Å². The van der Waals surface area contributed by atoms with E-state index in [1.54, 1.807) is 4.90 Å². The van der Waals surface area contributed by atoms with Crippen molar-refractivity contribution >= 4 is 28.4 Å². The largest absolute Gasteiger partial charge is 0.408 e. The molecule has 3 fully saturated rings. The summed E-state index contributed by atoms with van der Waals surface area (Å²) in [5.41, 5.74) is 1.34. The standard InChI is InChI=1S/C23H27F3N8O2/c1-13-2-5-33(22(7-13)3-4-22)21(36)29-17-9-28-30-19(17)16-6-18-15(8-27-16)20(32-10-14(35)11-32)31-34(18)12-23(24,25)26/h6,8-9,13-14,35H,2-5,7,10-12H2,1H3,(H,28,30)(H,29,36). The number of amides is 2. The van der Waals surface area contributed by atoms with Crippen LogP contribution in [0.5, 0.6) is 0 Å². The Kier molecular flexibility index (Phi) is 5.18. The Labute approximate surface area is 204 Å². The molecule has 1 saturated carbocycles. The van der Waals surface area contributed by atoms with E-state index in [0.29, 0.717) is 53.8 Å². The number of H-pyrrole nitrogens is 1. The molecule has 0 aromatic carbocycles. The molecule has 3 aliphatic rings. The van der Waals surface area contributed by atoms with Crippen molar-refractivity contribution in [3.63, 3.8) is 0 Å². The maximum atomic E-state index is 13.3. The number of rotatable bonds is 4. The number of nitrogens with zero attached hydrogens (tertiary/aromatic N) is 6. The molecule has 3 aromatic heterocycles. The highest BCUT2D eigenvalue weighted by Crippen LogP contribution is 2.50. The van der Waals surface area contributed by atoms with Gasteiger partial charge >= 0.3 is 12.2 Å². The number of carbonyl (C=O) groups excluding carboxylic acids is 1. The Morgan fingerprint density at radius 1 is 1.31 bits per heavy atom. The summed E-state index contributed by atoms with van der Waals surface area (Å²) in [6.07, 6.45) is 1.90. The van der Waals surface area contributed by atoms with Gasteiger partial charge in [-0.3, -0.25) is 14.8 Å². The third-order valence-corrected chi connectivity index (χ3v) is 7.46. The number of likely N-dealkylation sites (tertiary alicyclic amines) is 1. The molecule has 0 bridgehead atoms. The highest BCUT2D eigenvalue weighted by Gasteiger charge is 2.52. The van der Waals surface area contributed by atoms with Crippen LogP contribution in [-0.4, -0.2) is 78.5 Å². The van der Waals surface area contributed by atoms with Gasteiger partial charge in [-0.2, -0.15) is 23.4 Å². The average Bonchev–Trinajstić information content (AvgIpc) is 3.23. The number of fused-ring (bicyclic) bond motifs is 1. The maximum absolute atomic E-state index is 13.3. The molecule has 1 unspecified atom stereocenters. The predicted octanol–water partition coefficient (Wildman–Crippen LogP) is 3.36. The van der Waals surface area contributed by atoms with Gasteiger partial charge in [-0.05, 0) is 37.7 Å². The van der Waals surface area contributed by atoms with Crippen LogP contribution in [0.25, 0.3) is 22.3 Å². The summed E-state index contributed by atoms with van der Waals surface area (Å²) in [6.45, 7) is 2.24. The Morgan fingerprint density at radius 2 is 2.08 bits per heavy atom. The molecule has 1 aliphatic carbocycles. The van der Waals surface area contributed by atoms with Gasteiger partial charge in [0.25, 0.3) is 0 Å². The molecule has 2 saturated heterocycles. The molecule has 1 atom stereocenters. The second-order valence-electron chi connectivity index (χ2n) is 10.3. The summed E-state index contributed by atoms with van der Waals surface area (Å²) in [7, 11) is 0. The number of aromatic amines is 1. The van der Waals surface area contributed by atoms with Gasteiger partial charge in [0, 0.05) is 31.4 Å². The zero-order chi connectivity index (χ0) is 25.2. The number of aliphatic hydroxyl groups is 1. The SMILES string of the molecule is CC1CCN(C(=O)Nc2cn[nH]c2-c2cc3c(cn2)c(N2CC(O)C2)nn3CC(F)(F)F)C2(CC2)C1. The number of urea groups is 1. The zero-order valence-corrected chi connectivity index (χ0v) is 19.7. The molecule has 10 nitrogen and oxygen atoms in total. The van der Waals surface area contributed by atoms with Crippen molar-refractivity contribution in [2.24, 2.45) is 5.92 Å². The monoisotopic (exact) mass is 504 g/mol. The smallest absolute Gasteiger partial charge is 0.389 e. The van der Waals surface area contributed by atoms with E-state index in [1.165, 1.54) is 18.5 Å². The van der Waals surface area contributed by atoms with Crippen LogP contribution < -0.4 is 10.2 Å². The van der Waals surface area contributed by atoms with Crippen molar-refractivity contribution in [1.29, 1.82) is 0 Å². The summed E-state index contributed by atoms with van der Waals surface area (Å²) in [6, 6.07) is 1.31. The quantitative estimate of drug-likeness (QED) is 0.502. The number of alkyl halides is 3. The van der Waals surface area contributed by atoms with E-state index in [1.807, 2.05) is 4.90 Å². The van der Waals surface area contributed by atoms with Gasteiger partial charge < -0.3 is 20.2 Å². The van der Waals surface area contributed by atoms with Gasteiger partial charge in [0.1, 0.15) is 12.2 Å². The number of piperidine rings is 1. The van der Waals surface area contributed by atoms with E-state index in [-0.39, 0.29) is 17.1 Å². The Hall–Kier alpha value is -3.35. The summed E-state index contributed by atoms with van der Waals surface area (Å²) in [5, 5.41) is 24.1. The first-order chi connectivity index (χ1) is 17.1. The van der Waals surface area contributed by atoms with Crippen LogP contribution in [0.1, 0.15) is 32.6 Å². The fourth-order valence-corrected chi connectivity index (χ4v) is 5.48. The Balaban J connectivity index is 1.31. The van der Waals surface area contributed by atoms with Crippen molar-refractivity contribution in [1.82, 2.24) is 29.9 Å². The molecule has 2 amide bonds. The number of pyridine rings is 1. The lowest BCUT2D eigenvalue weighted by atomic mass is 9.91. The minimum atomic E-state index is -4.47. The lowest BCUT2D eigenvalue weighted by molar-refractivity contribution is -0.141. The topological polar surface area (TPSA) is 115 Å². The van der Waals surface area contributed by atoms with Gasteiger partial charge in [-0.15, -0.1) is 0 Å². The lowest BCUT2D eigenvalue weighted by Gasteiger charge is -2.39. The van der Waals surface area contributed by atoms with Crippen LogP contribution in [0.15, 0.2) is 18.5 Å². The van der Waals surface area contributed by atoms with E-state index in [4.69, 9.17) is 0 Å². The second kappa shape index (κ2) is 8.08. The summed E-state index contributed by atoms with van der Waals surface area (Å²) in [4.78, 5) is 21.2. The van der Waals surface area contributed by atoms with Gasteiger partial charge in [-0.25, -0.2) is 4.79 Å². The molecule has 2 aliphatic heterocycles. The third-order valence-electron chi connectivity index (χ3n) is 7.46. The first-order valence-electron chi connectivity index (χ1n) is 12.1. The Bertz CT molecular complexity index is 1310. The van der Waals surface area contributed by atoms with Crippen molar-refractivity contribution in [2.45, 2.75) is 57.0 Å². The van der Waals surface area contributed by atoms with Gasteiger partial charge in [0.05, 0.1) is 34.6 Å². The molecule has 13 heteroatoms. The third kappa shape index (κ3) is 4.04. The number of nitrogens with one attached hydrogen (secondary N) is 2. The molecule has 3 aromatic rings.